The van der Waals surface area contributed by atoms with Gasteiger partial charge in [0.05, 0.1) is 21.5 Å². The molecular formula is C22H20ClFN4O4. The molecule has 8 nitrogen and oxygen atoms in total. The normalized spacial score (nSPS) is 14.1. The molecule has 32 heavy (non-hydrogen) atoms. The number of piperazine rings is 1. The van der Waals surface area contributed by atoms with Crippen LogP contribution in [0.2, 0.25) is 5.02 Å². The van der Waals surface area contributed by atoms with Crippen molar-refractivity contribution in [2.24, 2.45) is 0 Å². The first-order valence-corrected chi connectivity index (χ1v) is 10.5. The largest absolute Gasteiger partial charge is 0.335 e. The number of aromatic amines is 1. The average Bonchev–Trinajstić information content (AvgIpc) is 2.78. The predicted molar refractivity (Wildman–Crippen MR) is 118 cm³/mol. The van der Waals surface area contributed by atoms with Crippen LogP contribution in [0.1, 0.15) is 27.6 Å². The van der Waals surface area contributed by atoms with Crippen molar-refractivity contribution in [1.29, 1.82) is 0 Å². The van der Waals surface area contributed by atoms with Gasteiger partial charge in [-0.15, -0.1) is 0 Å². The Kier molecular flexibility index (Phi) is 5.84. The lowest BCUT2D eigenvalue weighted by molar-refractivity contribution is 0.0535. The highest BCUT2D eigenvalue weighted by molar-refractivity contribution is 6.33. The van der Waals surface area contributed by atoms with E-state index >= 15 is 0 Å². The van der Waals surface area contributed by atoms with Gasteiger partial charge in [0.1, 0.15) is 5.82 Å². The third-order valence-corrected chi connectivity index (χ3v) is 5.87. The smallest absolute Gasteiger partial charge is 0.328 e. The average molecular weight is 459 g/mol. The standard InChI is InChI=1S/C22H20ClFN4O4/c1-2-28-21(31)16-5-3-13(11-18(16)25-22(28)32)19(29)26-7-9-27(10-8-26)20(30)15-6-4-14(24)12-17(15)23/h3-6,11-12H,2,7-10H2,1H3,(H,25,32). The van der Waals surface area contributed by atoms with Crippen molar-refractivity contribution in [2.75, 3.05) is 26.2 Å². The predicted octanol–water partition coefficient (Wildman–Crippen LogP) is 2.10. The molecule has 0 saturated carbocycles. The molecule has 0 spiro atoms. The summed E-state index contributed by atoms with van der Waals surface area (Å²) in [5.41, 5.74) is -0.0828. The molecule has 2 amide bonds. The SMILES string of the molecule is CCn1c(=O)[nH]c2cc(C(=O)N3CCN(C(=O)c4ccc(F)cc4Cl)CC3)ccc2c1=O. The second-order valence-electron chi connectivity index (χ2n) is 7.45. The summed E-state index contributed by atoms with van der Waals surface area (Å²) >= 11 is 5.99. The Morgan fingerprint density at radius 2 is 1.66 bits per heavy atom. The van der Waals surface area contributed by atoms with Gasteiger partial charge in [0.15, 0.2) is 0 Å². The van der Waals surface area contributed by atoms with Gasteiger partial charge in [0.25, 0.3) is 17.4 Å². The number of H-pyrrole nitrogens is 1. The summed E-state index contributed by atoms with van der Waals surface area (Å²) in [5, 5.41) is 0.371. The van der Waals surface area contributed by atoms with Gasteiger partial charge in [-0.3, -0.25) is 19.0 Å². The van der Waals surface area contributed by atoms with E-state index in [2.05, 4.69) is 4.98 Å². The Morgan fingerprint density at radius 1 is 1.00 bits per heavy atom. The molecule has 0 atom stereocenters. The fourth-order valence-corrected chi connectivity index (χ4v) is 4.05. The molecule has 0 bridgehead atoms. The molecule has 2 heterocycles. The number of carbonyl (C=O) groups excluding carboxylic acids is 2. The van der Waals surface area contributed by atoms with Crippen molar-refractivity contribution >= 4 is 34.3 Å². The van der Waals surface area contributed by atoms with Crippen LogP contribution in [0.25, 0.3) is 10.9 Å². The van der Waals surface area contributed by atoms with E-state index in [1.807, 2.05) is 0 Å². The lowest BCUT2D eigenvalue weighted by Crippen LogP contribution is -2.50. The molecule has 166 valence electrons. The summed E-state index contributed by atoms with van der Waals surface area (Å²) in [6.45, 7) is 3.14. The van der Waals surface area contributed by atoms with Crippen LogP contribution in [0.5, 0.6) is 0 Å². The third-order valence-electron chi connectivity index (χ3n) is 5.56. The number of carbonyl (C=O) groups is 2. The minimum atomic E-state index is -0.527. The number of halogens is 2. The lowest BCUT2D eigenvalue weighted by Gasteiger charge is -2.35. The Morgan fingerprint density at radius 3 is 2.28 bits per heavy atom. The van der Waals surface area contributed by atoms with Crippen molar-refractivity contribution < 1.29 is 14.0 Å². The number of hydrogen-bond donors (Lipinski definition) is 1. The lowest BCUT2D eigenvalue weighted by atomic mass is 10.1. The van der Waals surface area contributed by atoms with E-state index in [-0.39, 0.29) is 28.9 Å². The highest BCUT2D eigenvalue weighted by Gasteiger charge is 2.27. The molecule has 0 unspecified atom stereocenters. The van der Waals surface area contributed by atoms with E-state index in [1.165, 1.54) is 24.3 Å². The second-order valence-corrected chi connectivity index (χ2v) is 7.86. The molecule has 1 aromatic heterocycles. The van der Waals surface area contributed by atoms with E-state index in [1.54, 1.807) is 22.8 Å². The molecular weight excluding hydrogens is 439 g/mol. The molecule has 1 N–H and O–H groups in total. The second kappa shape index (κ2) is 8.58. The van der Waals surface area contributed by atoms with Gasteiger partial charge in [-0.1, -0.05) is 11.6 Å². The van der Waals surface area contributed by atoms with Gasteiger partial charge in [0.2, 0.25) is 0 Å². The van der Waals surface area contributed by atoms with Crippen molar-refractivity contribution in [1.82, 2.24) is 19.4 Å². The Hall–Kier alpha value is -3.46. The first-order valence-electron chi connectivity index (χ1n) is 10.1. The van der Waals surface area contributed by atoms with Gasteiger partial charge in [-0.2, -0.15) is 0 Å². The van der Waals surface area contributed by atoms with Crippen molar-refractivity contribution in [3.63, 3.8) is 0 Å². The van der Waals surface area contributed by atoms with E-state index in [0.29, 0.717) is 42.6 Å². The van der Waals surface area contributed by atoms with Crippen LogP contribution in [0.15, 0.2) is 46.0 Å². The number of aromatic nitrogens is 2. The van der Waals surface area contributed by atoms with Crippen LogP contribution in [0.3, 0.4) is 0 Å². The first kappa shape index (κ1) is 21.8. The molecule has 1 fully saturated rings. The van der Waals surface area contributed by atoms with Crippen LogP contribution in [-0.2, 0) is 6.54 Å². The minimum absolute atomic E-state index is 0.0424. The number of nitrogens with one attached hydrogen (secondary N) is 1. The highest BCUT2D eigenvalue weighted by atomic mass is 35.5. The molecule has 1 saturated heterocycles. The first-order chi connectivity index (χ1) is 15.3. The topological polar surface area (TPSA) is 95.5 Å². The maximum Gasteiger partial charge on any atom is 0.328 e. The number of amides is 2. The Labute approximate surface area is 186 Å². The monoisotopic (exact) mass is 458 g/mol. The maximum absolute atomic E-state index is 13.2. The van der Waals surface area contributed by atoms with Crippen molar-refractivity contribution in [2.45, 2.75) is 13.5 Å². The number of nitrogens with zero attached hydrogens (tertiary/aromatic N) is 3. The molecule has 1 aliphatic heterocycles. The highest BCUT2D eigenvalue weighted by Crippen LogP contribution is 2.20. The van der Waals surface area contributed by atoms with Gasteiger partial charge >= 0.3 is 5.69 Å². The summed E-state index contributed by atoms with van der Waals surface area (Å²) in [7, 11) is 0. The molecule has 1 aliphatic rings. The van der Waals surface area contributed by atoms with Crippen LogP contribution in [-0.4, -0.2) is 57.3 Å². The fraction of sp³-hybridized carbons (Fsp3) is 0.273. The van der Waals surface area contributed by atoms with Crippen molar-refractivity contribution in [3.05, 3.63) is 79.2 Å². The zero-order valence-electron chi connectivity index (χ0n) is 17.2. The summed E-state index contributed by atoms with van der Waals surface area (Å²) < 4.78 is 14.3. The van der Waals surface area contributed by atoms with E-state index in [4.69, 9.17) is 11.6 Å². The van der Waals surface area contributed by atoms with Crippen LogP contribution in [0, 0.1) is 5.82 Å². The summed E-state index contributed by atoms with van der Waals surface area (Å²) in [5.74, 6) is -1.11. The van der Waals surface area contributed by atoms with Crippen LogP contribution < -0.4 is 11.2 Å². The zero-order chi connectivity index (χ0) is 23.0. The van der Waals surface area contributed by atoms with Crippen molar-refractivity contribution in [3.8, 4) is 0 Å². The maximum atomic E-state index is 13.2. The molecule has 0 radical (unpaired) electrons. The number of rotatable bonds is 3. The molecule has 10 heteroatoms. The van der Waals surface area contributed by atoms with Crippen LogP contribution in [0.4, 0.5) is 4.39 Å². The molecule has 3 aromatic rings. The van der Waals surface area contributed by atoms with Crippen LogP contribution >= 0.6 is 11.6 Å². The molecule has 0 aliphatic carbocycles. The fourth-order valence-electron chi connectivity index (χ4n) is 3.80. The molecule has 4 rings (SSSR count). The molecule has 2 aromatic carbocycles. The van der Waals surface area contributed by atoms with Gasteiger partial charge in [-0.05, 0) is 43.3 Å². The quantitative estimate of drug-likeness (QED) is 0.650. The number of hydrogen-bond acceptors (Lipinski definition) is 4. The van der Waals surface area contributed by atoms with Gasteiger partial charge in [-0.25, -0.2) is 9.18 Å². The Bertz CT molecular complexity index is 1340. The van der Waals surface area contributed by atoms with E-state index in [9.17, 15) is 23.6 Å². The summed E-state index contributed by atoms with van der Waals surface area (Å²) in [6.07, 6.45) is 0. The summed E-state index contributed by atoms with van der Waals surface area (Å²) in [6, 6.07) is 8.20. The van der Waals surface area contributed by atoms with E-state index < -0.39 is 17.1 Å². The minimum Gasteiger partial charge on any atom is -0.335 e. The van der Waals surface area contributed by atoms with Gasteiger partial charge in [0, 0.05) is 38.3 Å². The number of benzene rings is 2. The van der Waals surface area contributed by atoms with E-state index in [0.717, 1.165) is 10.6 Å². The number of fused-ring (bicyclic) bond motifs is 1. The zero-order valence-corrected chi connectivity index (χ0v) is 18.0. The van der Waals surface area contributed by atoms with Gasteiger partial charge < -0.3 is 14.8 Å². The summed E-state index contributed by atoms with van der Waals surface area (Å²) in [4.78, 5) is 55.9. The Balaban J connectivity index is 1.49. The third kappa shape index (κ3) is 3.91.